The lowest BCUT2D eigenvalue weighted by Crippen LogP contribution is -2.35. The molecule has 2 N–H and O–H groups in total. The number of aromatic nitrogens is 3. The maximum Gasteiger partial charge on any atom is 0.273 e. The SMILES string of the molecule is Cc1ccc(-n2nc(C)c(C(=O)NCCNS(=O)(=O)c3cc(C)ccc3C)n2)c(C)c1. The fourth-order valence-corrected chi connectivity index (χ4v) is 4.61. The highest BCUT2D eigenvalue weighted by Crippen LogP contribution is 2.17. The molecule has 164 valence electrons. The van der Waals surface area contributed by atoms with Crippen molar-refractivity contribution in [2.45, 2.75) is 39.5 Å². The molecule has 3 rings (SSSR count). The van der Waals surface area contributed by atoms with Crippen molar-refractivity contribution < 1.29 is 13.2 Å². The Morgan fingerprint density at radius 2 is 1.58 bits per heavy atom. The molecule has 3 aromatic rings. The second-order valence-corrected chi connectivity index (χ2v) is 9.37. The van der Waals surface area contributed by atoms with Crippen LogP contribution >= 0.6 is 0 Å². The van der Waals surface area contributed by atoms with Gasteiger partial charge in [-0.15, -0.1) is 5.10 Å². The van der Waals surface area contributed by atoms with Gasteiger partial charge in [0.05, 0.1) is 16.3 Å². The van der Waals surface area contributed by atoms with Crippen LogP contribution in [0.15, 0.2) is 41.3 Å². The zero-order valence-electron chi connectivity index (χ0n) is 18.4. The molecule has 0 aliphatic rings. The van der Waals surface area contributed by atoms with Crippen LogP contribution in [0.4, 0.5) is 0 Å². The monoisotopic (exact) mass is 441 g/mol. The Morgan fingerprint density at radius 3 is 2.29 bits per heavy atom. The highest BCUT2D eigenvalue weighted by molar-refractivity contribution is 7.89. The lowest BCUT2D eigenvalue weighted by molar-refractivity contribution is 0.0948. The fourth-order valence-electron chi connectivity index (χ4n) is 3.25. The Morgan fingerprint density at radius 1 is 0.903 bits per heavy atom. The molecule has 0 atom stereocenters. The molecular weight excluding hydrogens is 414 g/mol. The lowest BCUT2D eigenvalue weighted by Gasteiger charge is -2.10. The number of nitrogens with one attached hydrogen (secondary N) is 2. The number of sulfonamides is 1. The number of hydrogen-bond acceptors (Lipinski definition) is 5. The van der Waals surface area contributed by atoms with Crippen LogP contribution in [0.3, 0.4) is 0 Å². The van der Waals surface area contributed by atoms with Crippen LogP contribution in [0.5, 0.6) is 0 Å². The van der Waals surface area contributed by atoms with Crippen molar-refractivity contribution in [3.63, 3.8) is 0 Å². The van der Waals surface area contributed by atoms with E-state index in [1.807, 2.05) is 45.0 Å². The van der Waals surface area contributed by atoms with Crippen LogP contribution < -0.4 is 10.0 Å². The van der Waals surface area contributed by atoms with Crippen molar-refractivity contribution in [3.8, 4) is 5.69 Å². The van der Waals surface area contributed by atoms with Crippen LogP contribution in [0.25, 0.3) is 5.69 Å². The van der Waals surface area contributed by atoms with Gasteiger partial charge in [-0.2, -0.15) is 9.90 Å². The van der Waals surface area contributed by atoms with E-state index in [0.29, 0.717) is 11.3 Å². The first-order valence-electron chi connectivity index (χ1n) is 9.95. The summed E-state index contributed by atoms with van der Waals surface area (Å²) in [7, 11) is -3.66. The summed E-state index contributed by atoms with van der Waals surface area (Å²) in [6.07, 6.45) is 0. The van der Waals surface area contributed by atoms with Crippen molar-refractivity contribution in [2.24, 2.45) is 0 Å². The van der Waals surface area contributed by atoms with Crippen molar-refractivity contribution in [2.75, 3.05) is 13.1 Å². The van der Waals surface area contributed by atoms with Crippen LogP contribution in [0, 0.1) is 34.6 Å². The molecule has 0 aliphatic heterocycles. The molecule has 1 amide bonds. The fraction of sp³-hybridized carbons (Fsp3) is 0.318. The zero-order chi connectivity index (χ0) is 22.8. The quantitative estimate of drug-likeness (QED) is 0.548. The van der Waals surface area contributed by atoms with Crippen molar-refractivity contribution in [3.05, 3.63) is 70.0 Å². The van der Waals surface area contributed by atoms with Crippen LogP contribution in [-0.4, -0.2) is 42.4 Å². The Bertz CT molecular complexity index is 1230. The summed E-state index contributed by atoms with van der Waals surface area (Å²) in [6, 6.07) is 11.2. The molecule has 0 fully saturated rings. The van der Waals surface area contributed by atoms with E-state index in [4.69, 9.17) is 0 Å². The highest BCUT2D eigenvalue weighted by atomic mass is 32.2. The third kappa shape index (κ3) is 5.18. The van der Waals surface area contributed by atoms with Gasteiger partial charge in [0.25, 0.3) is 5.91 Å². The molecule has 8 nitrogen and oxygen atoms in total. The van der Waals surface area contributed by atoms with Crippen molar-refractivity contribution in [1.82, 2.24) is 25.0 Å². The minimum absolute atomic E-state index is 0.0612. The number of benzene rings is 2. The summed E-state index contributed by atoms with van der Waals surface area (Å²) in [5.41, 5.74) is 5.16. The van der Waals surface area contributed by atoms with Gasteiger partial charge >= 0.3 is 0 Å². The summed E-state index contributed by atoms with van der Waals surface area (Å²) in [5, 5.41) is 11.4. The highest BCUT2D eigenvalue weighted by Gasteiger charge is 2.19. The molecular formula is C22H27N5O3S. The van der Waals surface area contributed by atoms with E-state index in [2.05, 4.69) is 20.2 Å². The second-order valence-electron chi connectivity index (χ2n) is 7.64. The summed E-state index contributed by atoms with van der Waals surface area (Å²) in [5.74, 6) is -0.403. The van der Waals surface area contributed by atoms with E-state index in [-0.39, 0.29) is 23.7 Å². The van der Waals surface area contributed by atoms with Gasteiger partial charge in [-0.25, -0.2) is 13.1 Å². The lowest BCUT2D eigenvalue weighted by atomic mass is 10.1. The van der Waals surface area contributed by atoms with E-state index in [1.54, 1.807) is 26.0 Å². The van der Waals surface area contributed by atoms with E-state index < -0.39 is 15.9 Å². The van der Waals surface area contributed by atoms with E-state index in [1.165, 1.54) is 4.80 Å². The van der Waals surface area contributed by atoms with Gasteiger partial charge in [-0.3, -0.25) is 4.79 Å². The molecule has 1 aromatic heterocycles. The van der Waals surface area contributed by atoms with Gasteiger partial charge in [-0.1, -0.05) is 29.8 Å². The Kier molecular flexibility index (Phi) is 6.56. The summed E-state index contributed by atoms with van der Waals surface area (Å²) >= 11 is 0. The van der Waals surface area contributed by atoms with Gasteiger partial charge in [-0.05, 0) is 63.4 Å². The van der Waals surface area contributed by atoms with E-state index in [9.17, 15) is 13.2 Å². The smallest absolute Gasteiger partial charge is 0.273 e. The minimum Gasteiger partial charge on any atom is -0.349 e. The van der Waals surface area contributed by atoms with Gasteiger partial charge in [0, 0.05) is 13.1 Å². The molecule has 0 saturated heterocycles. The second kappa shape index (κ2) is 8.99. The summed E-state index contributed by atoms with van der Waals surface area (Å²) in [6.45, 7) is 9.45. The number of rotatable bonds is 7. The van der Waals surface area contributed by atoms with Gasteiger partial charge < -0.3 is 5.32 Å². The average Bonchev–Trinajstić information content (AvgIpc) is 3.08. The normalized spacial score (nSPS) is 11.5. The van der Waals surface area contributed by atoms with Crippen LogP contribution in [0.2, 0.25) is 0 Å². The third-order valence-corrected chi connectivity index (χ3v) is 6.50. The molecule has 0 bridgehead atoms. The summed E-state index contributed by atoms with van der Waals surface area (Å²) in [4.78, 5) is 14.2. The molecule has 0 aliphatic carbocycles. The zero-order valence-corrected chi connectivity index (χ0v) is 19.2. The maximum atomic E-state index is 12.5. The number of aryl methyl sites for hydroxylation is 5. The number of nitrogens with zero attached hydrogens (tertiary/aromatic N) is 3. The standard InChI is InChI=1S/C22H27N5O3S/c1-14-7-9-19(17(4)12-14)27-25-18(5)21(26-27)22(28)23-10-11-24-31(29,30)20-13-15(2)6-8-16(20)3/h6-9,12-13,24H,10-11H2,1-5H3,(H,23,28). The van der Waals surface area contributed by atoms with Gasteiger partial charge in [0.2, 0.25) is 10.0 Å². The molecule has 0 radical (unpaired) electrons. The molecule has 2 aromatic carbocycles. The largest absolute Gasteiger partial charge is 0.349 e. The maximum absolute atomic E-state index is 12.5. The van der Waals surface area contributed by atoms with Gasteiger partial charge in [0.15, 0.2) is 5.69 Å². The first-order valence-corrected chi connectivity index (χ1v) is 11.4. The molecule has 1 heterocycles. The van der Waals surface area contributed by atoms with Crippen LogP contribution in [-0.2, 0) is 10.0 Å². The van der Waals surface area contributed by atoms with Gasteiger partial charge in [0.1, 0.15) is 0 Å². The Hall–Kier alpha value is -3.04. The van der Waals surface area contributed by atoms with Crippen molar-refractivity contribution in [1.29, 1.82) is 0 Å². The molecule has 9 heteroatoms. The van der Waals surface area contributed by atoms with Crippen molar-refractivity contribution >= 4 is 15.9 Å². The predicted molar refractivity (Wildman–Crippen MR) is 119 cm³/mol. The first kappa shape index (κ1) is 22.6. The van der Waals surface area contributed by atoms with E-state index >= 15 is 0 Å². The molecule has 0 saturated carbocycles. The number of amides is 1. The molecule has 31 heavy (non-hydrogen) atoms. The molecule has 0 spiro atoms. The number of carbonyl (C=O) groups is 1. The molecule has 0 unspecified atom stereocenters. The number of hydrogen-bond donors (Lipinski definition) is 2. The van der Waals surface area contributed by atoms with Crippen LogP contribution in [0.1, 0.15) is 38.4 Å². The average molecular weight is 442 g/mol. The first-order chi connectivity index (χ1) is 14.6. The Labute approximate surface area is 182 Å². The predicted octanol–water partition coefficient (Wildman–Crippen LogP) is 2.52. The minimum atomic E-state index is -3.66. The van der Waals surface area contributed by atoms with E-state index in [0.717, 1.165) is 22.4 Å². The number of carbonyl (C=O) groups excluding carboxylic acids is 1. The summed E-state index contributed by atoms with van der Waals surface area (Å²) < 4.78 is 27.6. The topological polar surface area (TPSA) is 106 Å². The Balaban J connectivity index is 1.63. The third-order valence-electron chi connectivity index (χ3n) is 4.90.